The molecule has 6 nitrogen and oxygen atoms in total. The lowest BCUT2D eigenvalue weighted by Crippen LogP contribution is -2.16. The number of rotatable bonds is 7. The van der Waals surface area contributed by atoms with Crippen molar-refractivity contribution in [2.45, 2.75) is 11.8 Å². The second kappa shape index (κ2) is 8.74. The van der Waals surface area contributed by atoms with Crippen molar-refractivity contribution in [3.63, 3.8) is 0 Å². The fourth-order valence-corrected chi connectivity index (χ4v) is 3.71. The van der Waals surface area contributed by atoms with Gasteiger partial charge in [0.05, 0.1) is 22.9 Å². The van der Waals surface area contributed by atoms with Crippen molar-refractivity contribution in [1.29, 1.82) is 0 Å². The maximum absolute atomic E-state index is 13.8. The van der Waals surface area contributed by atoms with Gasteiger partial charge in [-0.1, -0.05) is 30.3 Å². The van der Waals surface area contributed by atoms with Gasteiger partial charge in [-0.3, -0.25) is 9.52 Å². The molecule has 29 heavy (non-hydrogen) atoms. The third kappa shape index (κ3) is 4.91. The normalized spacial score (nSPS) is 11.0. The minimum absolute atomic E-state index is 0.132. The van der Waals surface area contributed by atoms with Gasteiger partial charge in [-0.15, -0.1) is 0 Å². The molecule has 3 aromatic rings. The van der Waals surface area contributed by atoms with Gasteiger partial charge in [-0.25, -0.2) is 12.8 Å². The van der Waals surface area contributed by atoms with Crippen molar-refractivity contribution in [2.75, 3.05) is 16.6 Å². The summed E-state index contributed by atoms with van der Waals surface area (Å²) < 4.78 is 46.6. The third-order valence-corrected chi connectivity index (χ3v) is 5.32. The van der Waals surface area contributed by atoms with Crippen LogP contribution in [0.4, 0.5) is 15.8 Å². The Labute approximate surface area is 168 Å². The van der Waals surface area contributed by atoms with Crippen LogP contribution in [0.5, 0.6) is 5.75 Å². The summed E-state index contributed by atoms with van der Waals surface area (Å²) in [6, 6.07) is 17.8. The summed E-state index contributed by atoms with van der Waals surface area (Å²) in [5.41, 5.74) is 0.429. The highest BCUT2D eigenvalue weighted by atomic mass is 32.2. The monoisotopic (exact) mass is 414 g/mol. The standard InChI is InChI=1S/C21H19FN2O4S/c1-2-28-20-13-6-5-12-19(20)23-21(25)15-8-7-9-16(14-15)29(26,27)24-18-11-4-3-10-17(18)22/h3-14,24H,2H2,1H3,(H,23,25). The fraction of sp³-hybridized carbons (Fsp3) is 0.0952. The van der Waals surface area contributed by atoms with Crippen molar-refractivity contribution < 1.29 is 22.3 Å². The van der Waals surface area contributed by atoms with E-state index >= 15 is 0 Å². The summed E-state index contributed by atoms with van der Waals surface area (Å²) in [6.07, 6.45) is 0. The van der Waals surface area contributed by atoms with Crippen molar-refractivity contribution in [3.8, 4) is 5.75 Å². The van der Waals surface area contributed by atoms with Crippen molar-refractivity contribution in [3.05, 3.63) is 84.2 Å². The van der Waals surface area contributed by atoms with Crippen LogP contribution in [-0.2, 0) is 10.0 Å². The van der Waals surface area contributed by atoms with Crippen LogP contribution in [0.15, 0.2) is 77.7 Å². The average molecular weight is 414 g/mol. The van der Waals surface area contributed by atoms with Crippen LogP contribution in [-0.4, -0.2) is 20.9 Å². The lowest BCUT2D eigenvalue weighted by Gasteiger charge is -2.12. The fourth-order valence-electron chi connectivity index (χ4n) is 2.60. The second-order valence-electron chi connectivity index (χ2n) is 6.00. The van der Waals surface area contributed by atoms with Gasteiger partial charge in [-0.05, 0) is 49.4 Å². The number of anilines is 2. The Morgan fingerprint density at radius 3 is 2.38 bits per heavy atom. The second-order valence-corrected chi connectivity index (χ2v) is 7.68. The SMILES string of the molecule is CCOc1ccccc1NC(=O)c1cccc(S(=O)(=O)Nc2ccccc2F)c1. The summed E-state index contributed by atoms with van der Waals surface area (Å²) in [6.45, 7) is 2.26. The van der Waals surface area contributed by atoms with E-state index in [1.54, 1.807) is 24.3 Å². The largest absolute Gasteiger partial charge is 0.492 e. The average Bonchev–Trinajstić information content (AvgIpc) is 2.71. The number of halogens is 1. The zero-order valence-electron chi connectivity index (χ0n) is 15.6. The lowest BCUT2D eigenvalue weighted by atomic mass is 10.2. The van der Waals surface area contributed by atoms with Crippen LogP contribution in [0, 0.1) is 5.82 Å². The molecule has 8 heteroatoms. The van der Waals surface area contributed by atoms with E-state index in [-0.39, 0.29) is 16.1 Å². The van der Waals surface area contributed by atoms with Gasteiger partial charge >= 0.3 is 0 Å². The number of nitrogens with one attached hydrogen (secondary N) is 2. The molecule has 0 radical (unpaired) electrons. The highest BCUT2D eigenvalue weighted by Gasteiger charge is 2.18. The predicted octanol–water partition coefficient (Wildman–Crippen LogP) is 4.28. The Morgan fingerprint density at radius 2 is 1.66 bits per heavy atom. The quantitative estimate of drug-likeness (QED) is 0.604. The van der Waals surface area contributed by atoms with Crippen LogP contribution in [0.1, 0.15) is 17.3 Å². The summed E-state index contributed by atoms with van der Waals surface area (Å²) in [5.74, 6) is -0.689. The number of hydrogen-bond acceptors (Lipinski definition) is 4. The number of hydrogen-bond donors (Lipinski definition) is 2. The van der Waals surface area contributed by atoms with Gasteiger partial charge in [0, 0.05) is 5.56 Å². The molecule has 0 aliphatic heterocycles. The first-order valence-corrected chi connectivity index (χ1v) is 10.3. The van der Waals surface area contributed by atoms with Gasteiger partial charge in [0.2, 0.25) is 0 Å². The first-order chi connectivity index (χ1) is 13.9. The molecule has 3 aromatic carbocycles. The molecule has 3 rings (SSSR count). The van der Waals surface area contributed by atoms with E-state index in [1.165, 1.54) is 42.5 Å². The molecule has 0 saturated carbocycles. The van der Waals surface area contributed by atoms with Crippen LogP contribution >= 0.6 is 0 Å². The van der Waals surface area contributed by atoms with Gasteiger partial charge in [0.1, 0.15) is 11.6 Å². The summed E-state index contributed by atoms with van der Waals surface area (Å²) >= 11 is 0. The highest BCUT2D eigenvalue weighted by Crippen LogP contribution is 2.25. The molecule has 0 aliphatic carbocycles. The first-order valence-electron chi connectivity index (χ1n) is 8.81. The molecule has 0 bridgehead atoms. The first kappa shape index (κ1) is 20.3. The number of carbonyl (C=O) groups is 1. The third-order valence-electron chi connectivity index (χ3n) is 3.96. The molecule has 0 spiro atoms. The smallest absolute Gasteiger partial charge is 0.262 e. The van der Waals surface area contributed by atoms with Gasteiger partial charge in [0.25, 0.3) is 15.9 Å². The molecule has 2 N–H and O–H groups in total. The Hall–Kier alpha value is -3.39. The molecular formula is C21H19FN2O4S. The number of ether oxygens (including phenoxy) is 1. The summed E-state index contributed by atoms with van der Waals surface area (Å²) in [5, 5.41) is 2.71. The molecule has 0 saturated heterocycles. The van der Waals surface area contributed by atoms with E-state index in [4.69, 9.17) is 4.74 Å². The molecule has 150 valence electrons. The number of benzene rings is 3. The van der Waals surface area contributed by atoms with E-state index in [1.807, 2.05) is 6.92 Å². The summed E-state index contributed by atoms with van der Waals surface area (Å²) in [4.78, 5) is 12.5. The molecule has 0 fully saturated rings. The number of amides is 1. The van der Waals surface area contributed by atoms with Crippen LogP contribution < -0.4 is 14.8 Å². The van der Waals surface area contributed by atoms with Gasteiger partial charge < -0.3 is 10.1 Å². The molecule has 0 heterocycles. The molecule has 0 unspecified atom stereocenters. The van der Waals surface area contributed by atoms with Gasteiger partial charge in [-0.2, -0.15) is 0 Å². The molecular weight excluding hydrogens is 395 g/mol. The van der Waals surface area contributed by atoms with Crippen LogP contribution in [0.25, 0.3) is 0 Å². The Morgan fingerprint density at radius 1 is 0.966 bits per heavy atom. The maximum Gasteiger partial charge on any atom is 0.262 e. The van der Waals surface area contributed by atoms with E-state index in [9.17, 15) is 17.6 Å². The van der Waals surface area contributed by atoms with Crippen molar-refractivity contribution in [2.24, 2.45) is 0 Å². The highest BCUT2D eigenvalue weighted by molar-refractivity contribution is 7.92. The number of sulfonamides is 1. The van der Waals surface area contributed by atoms with E-state index in [2.05, 4.69) is 10.0 Å². The zero-order chi connectivity index (χ0) is 20.9. The van der Waals surface area contributed by atoms with Gasteiger partial charge in [0.15, 0.2) is 0 Å². The Kier molecular flexibility index (Phi) is 6.13. The lowest BCUT2D eigenvalue weighted by molar-refractivity contribution is 0.102. The van der Waals surface area contributed by atoms with Crippen LogP contribution in [0.2, 0.25) is 0 Å². The molecule has 0 atom stereocenters. The topological polar surface area (TPSA) is 84.5 Å². The molecule has 0 aromatic heterocycles. The van der Waals surface area contributed by atoms with E-state index in [0.717, 1.165) is 6.07 Å². The maximum atomic E-state index is 13.8. The molecule has 1 amide bonds. The number of carbonyl (C=O) groups excluding carboxylic acids is 1. The van der Waals surface area contributed by atoms with E-state index < -0.39 is 21.7 Å². The minimum Gasteiger partial charge on any atom is -0.492 e. The van der Waals surface area contributed by atoms with Crippen molar-refractivity contribution in [1.82, 2.24) is 0 Å². The Bertz CT molecular complexity index is 1130. The van der Waals surface area contributed by atoms with Crippen molar-refractivity contribution >= 4 is 27.3 Å². The minimum atomic E-state index is -4.08. The predicted molar refractivity (Wildman–Crippen MR) is 109 cm³/mol. The molecule has 0 aliphatic rings. The Balaban J connectivity index is 1.84. The van der Waals surface area contributed by atoms with E-state index in [0.29, 0.717) is 18.0 Å². The number of para-hydroxylation sites is 3. The van der Waals surface area contributed by atoms with Crippen LogP contribution in [0.3, 0.4) is 0 Å². The summed E-state index contributed by atoms with van der Waals surface area (Å²) in [7, 11) is -4.08. The zero-order valence-corrected chi connectivity index (χ0v) is 16.4.